The third kappa shape index (κ3) is 1.39. The second-order valence-corrected chi connectivity index (χ2v) is 4.67. The van der Waals surface area contributed by atoms with Crippen LogP contribution in [0.3, 0.4) is 0 Å². The van der Waals surface area contributed by atoms with Crippen molar-refractivity contribution in [3.05, 3.63) is 52.9 Å². The van der Waals surface area contributed by atoms with Gasteiger partial charge in [0.05, 0.1) is 18.0 Å². The van der Waals surface area contributed by atoms with Gasteiger partial charge >= 0.3 is 5.63 Å². The van der Waals surface area contributed by atoms with Gasteiger partial charge in [-0.25, -0.2) is 4.79 Å². The SMILES string of the molecule is COc1ccc2c(c1)oc(=O)c1c3ccccc3[nH]c21. The van der Waals surface area contributed by atoms with Gasteiger partial charge in [-0.1, -0.05) is 18.2 Å². The third-order valence-electron chi connectivity index (χ3n) is 3.57. The van der Waals surface area contributed by atoms with Gasteiger partial charge in [-0.3, -0.25) is 0 Å². The summed E-state index contributed by atoms with van der Waals surface area (Å²) in [6.07, 6.45) is 0. The Labute approximate surface area is 113 Å². The molecule has 0 aliphatic rings. The van der Waals surface area contributed by atoms with Crippen molar-refractivity contribution in [1.29, 1.82) is 0 Å². The lowest BCUT2D eigenvalue weighted by Gasteiger charge is -2.02. The van der Waals surface area contributed by atoms with Crippen molar-refractivity contribution in [1.82, 2.24) is 4.98 Å². The van der Waals surface area contributed by atoms with Crippen molar-refractivity contribution in [2.45, 2.75) is 0 Å². The third-order valence-corrected chi connectivity index (χ3v) is 3.57. The van der Waals surface area contributed by atoms with Crippen molar-refractivity contribution < 1.29 is 9.15 Å². The highest BCUT2D eigenvalue weighted by Crippen LogP contribution is 2.30. The Bertz CT molecular complexity index is 1010. The zero-order valence-electron chi connectivity index (χ0n) is 10.8. The van der Waals surface area contributed by atoms with Crippen LogP contribution in [-0.2, 0) is 0 Å². The monoisotopic (exact) mass is 265 g/mol. The second kappa shape index (κ2) is 3.87. The molecule has 0 radical (unpaired) electrons. The van der Waals surface area contributed by atoms with E-state index in [0.29, 0.717) is 16.7 Å². The van der Waals surface area contributed by atoms with Gasteiger partial charge in [0.15, 0.2) is 0 Å². The van der Waals surface area contributed by atoms with E-state index in [1.54, 1.807) is 13.2 Å². The number of para-hydroxylation sites is 1. The van der Waals surface area contributed by atoms with Crippen LogP contribution in [0.1, 0.15) is 0 Å². The summed E-state index contributed by atoms with van der Waals surface area (Å²) in [5.41, 5.74) is 1.92. The maximum Gasteiger partial charge on any atom is 0.346 e. The topological polar surface area (TPSA) is 55.2 Å². The molecule has 0 aliphatic carbocycles. The first-order valence-corrected chi connectivity index (χ1v) is 6.29. The molecule has 0 saturated carbocycles. The number of aromatic nitrogens is 1. The highest BCUT2D eigenvalue weighted by atomic mass is 16.5. The Balaban J connectivity index is 2.27. The fourth-order valence-electron chi connectivity index (χ4n) is 2.63. The molecule has 98 valence electrons. The van der Waals surface area contributed by atoms with Gasteiger partial charge in [-0.2, -0.15) is 0 Å². The molecule has 20 heavy (non-hydrogen) atoms. The van der Waals surface area contributed by atoms with E-state index in [4.69, 9.17) is 9.15 Å². The minimum Gasteiger partial charge on any atom is -0.497 e. The van der Waals surface area contributed by atoms with E-state index in [1.165, 1.54) is 0 Å². The van der Waals surface area contributed by atoms with Crippen LogP contribution in [0, 0.1) is 0 Å². The fraction of sp³-hybridized carbons (Fsp3) is 0.0625. The molecular weight excluding hydrogens is 254 g/mol. The number of nitrogens with one attached hydrogen (secondary N) is 1. The van der Waals surface area contributed by atoms with Gasteiger partial charge in [-0.15, -0.1) is 0 Å². The largest absolute Gasteiger partial charge is 0.497 e. The number of benzene rings is 2. The number of hydrogen-bond donors (Lipinski definition) is 1. The van der Waals surface area contributed by atoms with Gasteiger partial charge in [-0.05, 0) is 18.2 Å². The van der Waals surface area contributed by atoms with Crippen LogP contribution in [0.15, 0.2) is 51.7 Å². The van der Waals surface area contributed by atoms with E-state index in [2.05, 4.69) is 4.98 Å². The molecule has 0 amide bonds. The molecule has 0 saturated heterocycles. The van der Waals surface area contributed by atoms with Gasteiger partial charge in [0.2, 0.25) is 0 Å². The molecule has 2 aromatic heterocycles. The van der Waals surface area contributed by atoms with Crippen molar-refractivity contribution in [3.63, 3.8) is 0 Å². The molecule has 0 spiro atoms. The van der Waals surface area contributed by atoms with Crippen LogP contribution in [0.25, 0.3) is 32.8 Å². The smallest absolute Gasteiger partial charge is 0.346 e. The lowest BCUT2D eigenvalue weighted by molar-refractivity contribution is 0.414. The molecule has 0 unspecified atom stereocenters. The number of ether oxygens (including phenoxy) is 1. The zero-order valence-corrected chi connectivity index (χ0v) is 10.8. The zero-order chi connectivity index (χ0) is 13.7. The molecule has 0 bridgehead atoms. The summed E-state index contributed by atoms with van der Waals surface area (Å²) in [6.45, 7) is 0. The van der Waals surface area contributed by atoms with E-state index in [-0.39, 0.29) is 5.63 Å². The van der Waals surface area contributed by atoms with E-state index >= 15 is 0 Å². The summed E-state index contributed by atoms with van der Waals surface area (Å²) in [5.74, 6) is 0.663. The summed E-state index contributed by atoms with van der Waals surface area (Å²) in [7, 11) is 1.58. The van der Waals surface area contributed by atoms with E-state index in [0.717, 1.165) is 21.8 Å². The molecule has 4 nitrogen and oxygen atoms in total. The van der Waals surface area contributed by atoms with Crippen LogP contribution >= 0.6 is 0 Å². The Hall–Kier alpha value is -2.75. The highest BCUT2D eigenvalue weighted by Gasteiger charge is 2.13. The molecule has 2 heterocycles. The highest BCUT2D eigenvalue weighted by molar-refractivity contribution is 6.15. The van der Waals surface area contributed by atoms with Gasteiger partial charge in [0, 0.05) is 22.4 Å². The summed E-state index contributed by atoms with van der Waals surface area (Å²) in [5, 5.41) is 2.35. The summed E-state index contributed by atoms with van der Waals surface area (Å²) < 4.78 is 10.6. The lowest BCUT2D eigenvalue weighted by Crippen LogP contribution is -1.98. The maximum absolute atomic E-state index is 12.2. The molecule has 0 atom stereocenters. The molecule has 4 rings (SSSR count). The van der Waals surface area contributed by atoms with E-state index in [1.807, 2.05) is 36.4 Å². The average Bonchev–Trinajstić information content (AvgIpc) is 2.86. The molecule has 1 N–H and O–H groups in total. The van der Waals surface area contributed by atoms with E-state index in [9.17, 15) is 4.79 Å². The van der Waals surface area contributed by atoms with Crippen molar-refractivity contribution in [3.8, 4) is 5.75 Å². The molecule has 2 aromatic carbocycles. The standard InChI is InChI=1S/C16H11NO3/c1-19-9-6-7-11-13(8-9)20-16(18)14-10-4-2-3-5-12(10)17-15(11)14/h2-8,17H,1H3. The van der Waals surface area contributed by atoms with Gasteiger partial charge < -0.3 is 14.1 Å². The quantitative estimate of drug-likeness (QED) is 0.536. The van der Waals surface area contributed by atoms with Crippen LogP contribution in [-0.4, -0.2) is 12.1 Å². The van der Waals surface area contributed by atoms with E-state index < -0.39 is 0 Å². The molecule has 4 aromatic rings. The summed E-state index contributed by atoms with van der Waals surface area (Å²) in [6, 6.07) is 13.2. The Morgan fingerprint density at radius 3 is 2.80 bits per heavy atom. The first kappa shape index (κ1) is 11.1. The lowest BCUT2D eigenvalue weighted by atomic mass is 10.1. The first-order valence-electron chi connectivity index (χ1n) is 6.29. The van der Waals surface area contributed by atoms with Crippen LogP contribution in [0.5, 0.6) is 5.75 Å². The number of H-pyrrole nitrogens is 1. The molecular formula is C16H11NO3. The Kier molecular flexibility index (Phi) is 2.15. The molecule has 4 heteroatoms. The fourth-order valence-corrected chi connectivity index (χ4v) is 2.63. The number of hydrogen-bond acceptors (Lipinski definition) is 3. The van der Waals surface area contributed by atoms with Crippen molar-refractivity contribution in [2.75, 3.05) is 7.11 Å². The average molecular weight is 265 g/mol. The second-order valence-electron chi connectivity index (χ2n) is 4.67. The molecule has 0 aliphatic heterocycles. The normalized spacial score (nSPS) is 11.4. The summed E-state index contributed by atoms with van der Waals surface area (Å²) >= 11 is 0. The van der Waals surface area contributed by atoms with Gasteiger partial charge in [0.25, 0.3) is 0 Å². The van der Waals surface area contributed by atoms with Crippen molar-refractivity contribution >= 4 is 32.8 Å². The number of fused-ring (bicyclic) bond motifs is 5. The van der Waals surface area contributed by atoms with Gasteiger partial charge in [0.1, 0.15) is 11.3 Å². The maximum atomic E-state index is 12.2. The Morgan fingerprint density at radius 2 is 1.95 bits per heavy atom. The number of methoxy groups -OCH3 is 1. The predicted molar refractivity (Wildman–Crippen MR) is 78.4 cm³/mol. The minimum atomic E-state index is -0.335. The Morgan fingerprint density at radius 1 is 1.10 bits per heavy atom. The van der Waals surface area contributed by atoms with Crippen LogP contribution in [0.2, 0.25) is 0 Å². The number of aromatic amines is 1. The minimum absolute atomic E-state index is 0.335. The summed E-state index contributed by atoms with van der Waals surface area (Å²) in [4.78, 5) is 15.5. The van der Waals surface area contributed by atoms with Crippen molar-refractivity contribution in [2.24, 2.45) is 0 Å². The van der Waals surface area contributed by atoms with Crippen LogP contribution in [0.4, 0.5) is 0 Å². The van der Waals surface area contributed by atoms with Crippen LogP contribution < -0.4 is 10.4 Å². The number of rotatable bonds is 1. The first-order chi connectivity index (χ1) is 9.78. The predicted octanol–water partition coefficient (Wildman–Crippen LogP) is 3.44. The molecule has 0 fully saturated rings.